The number of carbonyl (C=O) groups excluding carboxylic acids is 1. The van der Waals surface area contributed by atoms with Gasteiger partial charge in [-0.05, 0) is 38.8 Å². The molecule has 28 heavy (non-hydrogen) atoms. The number of hydrogen-bond donors (Lipinski definition) is 2. The molecular formula is C18H24N6O4. The smallest absolute Gasteiger partial charge is 0.322 e. The lowest BCUT2D eigenvalue weighted by molar-refractivity contribution is -0.145. The van der Waals surface area contributed by atoms with E-state index in [1.807, 2.05) is 12.1 Å². The van der Waals surface area contributed by atoms with Gasteiger partial charge in [-0.25, -0.2) is 9.50 Å². The summed E-state index contributed by atoms with van der Waals surface area (Å²) in [5, 5.41) is 16.8. The van der Waals surface area contributed by atoms with Crippen LogP contribution in [0.5, 0.6) is 0 Å². The van der Waals surface area contributed by atoms with Crippen molar-refractivity contribution in [2.75, 3.05) is 25.7 Å². The van der Waals surface area contributed by atoms with Gasteiger partial charge in [0.25, 0.3) is 0 Å². The first-order valence-electron chi connectivity index (χ1n) is 9.14. The van der Waals surface area contributed by atoms with Gasteiger partial charge in [-0.2, -0.15) is 10.4 Å². The van der Waals surface area contributed by atoms with E-state index in [0.717, 1.165) is 5.69 Å². The molecule has 3 heterocycles. The number of aromatic nitrogens is 3. The summed E-state index contributed by atoms with van der Waals surface area (Å²) in [6.45, 7) is 3.96. The SMILES string of the molecule is CCOC(=O)[C@H](C)NCOC[C@]1(C#N)CC[C@H](c2ccc3c(N)ncnn23)O1. The van der Waals surface area contributed by atoms with E-state index in [1.54, 1.807) is 18.4 Å². The lowest BCUT2D eigenvalue weighted by Crippen LogP contribution is -2.39. The molecule has 3 rings (SSSR count). The van der Waals surface area contributed by atoms with E-state index in [-0.39, 0.29) is 25.4 Å². The molecule has 1 aliphatic rings. The van der Waals surface area contributed by atoms with Crippen LogP contribution in [-0.2, 0) is 19.0 Å². The number of ether oxygens (including phenoxy) is 3. The maximum absolute atomic E-state index is 11.6. The van der Waals surface area contributed by atoms with E-state index < -0.39 is 11.6 Å². The summed E-state index contributed by atoms with van der Waals surface area (Å²) in [5.41, 5.74) is 6.33. The fourth-order valence-electron chi connectivity index (χ4n) is 3.15. The zero-order valence-electron chi connectivity index (χ0n) is 15.9. The van der Waals surface area contributed by atoms with Crippen LogP contribution in [0, 0.1) is 11.3 Å². The van der Waals surface area contributed by atoms with Gasteiger partial charge in [0, 0.05) is 0 Å². The minimum atomic E-state index is -1.05. The Morgan fingerprint density at radius 1 is 1.61 bits per heavy atom. The third kappa shape index (κ3) is 4.06. The van der Waals surface area contributed by atoms with Crippen LogP contribution in [0.3, 0.4) is 0 Å². The molecule has 10 nitrogen and oxygen atoms in total. The number of nitrogens with two attached hydrogens (primary N) is 1. The molecule has 1 fully saturated rings. The second-order valence-corrected chi connectivity index (χ2v) is 6.62. The van der Waals surface area contributed by atoms with Crippen LogP contribution < -0.4 is 11.1 Å². The van der Waals surface area contributed by atoms with Crippen molar-refractivity contribution >= 4 is 17.3 Å². The quantitative estimate of drug-likeness (QED) is 0.384. The topological polar surface area (TPSA) is 137 Å². The Bertz CT molecular complexity index is 879. The Kier molecular flexibility index (Phi) is 6.08. The lowest BCUT2D eigenvalue weighted by atomic mass is 10.0. The van der Waals surface area contributed by atoms with E-state index >= 15 is 0 Å². The fraction of sp³-hybridized carbons (Fsp3) is 0.556. The summed E-state index contributed by atoms with van der Waals surface area (Å²) in [4.78, 5) is 15.6. The normalized spacial score (nSPS) is 22.8. The average Bonchev–Trinajstić information content (AvgIpc) is 3.31. The second kappa shape index (κ2) is 8.52. The Morgan fingerprint density at radius 2 is 2.43 bits per heavy atom. The summed E-state index contributed by atoms with van der Waals surface area (Å²) in [6, 6.07) is 5.44. The van der Waals surface area contributed by atoms with Crippen molar-refractivity contribution in [2.24, 2.45) is 0 Å². The third-order valence-electron chi connectivity index (χ3n) is 4.69. The van der Waals surface area contributed by atoms with E-state index in [0.29, 0.717) is 30.8 Å². The lowest BCUT2D eigenvalue weighted by Gasteiger charge is -2.22. The summed E-state index contributed by atoms with van der Waals surface area (Å²) in [5.74, 6) is 0.0376. The highest BCUT2D eigenvalue weighted by Gasteiger charge is 2.42. The summed E-state index contributed by atoms with van der Waals surface area (Å²) in [6.07, 6.45) is 2.26. The standard InChI is InChI=1S/C18H24N6O4/c1-3-27-17(25)12(2)22-11-26-9-18(8-19)7-6-15(28-18)13-4-5-14-16(20)21-10-23-24(13)14/h4-5,10,12,15,22H,3,6-7,9,11H2,1-2H3,(H2,20,21,23)/t12-,15+,18+/m0/s1. The summed E-state index contributed by atoms with van der Waals surface area (Å²) in [7, 11) is 0. The molecular weight excluding hydrogens is 364 g/mol. The maximum Gasteiger partial charge on any atom is 0.322 e. The molecule has 1 aliphatic heterocycles. The maximum atomic E-state index is 11.6. The predicted octanol–water partition coefficient (Wildman–Crippen LogP) is 0.941. The zero-order valence-corrected chi connectivity index (χ0v) is 15.9. The van der Waals surface area contributed by atoms with E-state index in [1.165, 1.54) is 6.33 Å². The molecule has 0 bridgehead atoms. The number of fused-ring (bicyclic) bond motifs is 1. The Morgan fingerprint density at radius 3 is 3.18 bits per heavy atom. The number of rotatable bonds is 8. The number of hydrogen-bond acceptors (Lipinski definition) is 9. The highest BCUT2D eigenvalue weighted by atomic mass is 16.6. The van der Waals surface area contributed by atoms with Gasteiger partial charge >= 0.3 is 5.97 Å². The first kappa shape index (κ1) is 20.0. The van der Waals surface area contributed by atoms with Crippen LogP contribution in [0.4, 0.5) is 5.82 Å². The molecule has 3 atom stereocenters. The molecule has 0 spiro atoms. The van der Waals surface area contributed by atoms with E-state index in [9.17, 15) is 10.1 Å². The molecule has 0 saturated carbocycles. The van der Waals surface area contributed by atoms with Crippen LogP contribution in [0.15, 0.2) is 18.5 Å². The first-order chi connectivity index (χ1) is 13.5. The highest BCUT2D eigenvalue weighted by molar-refractivity contribution is 5.75. The number of esters is 1. The molecule has 2 aromatic heterocycles. The van der Waals surface area contributed by atoms with Gasteiger partial charge in [-0.15, -0.1) is 0 Å². The van der Waals surface area contributed by atoms with Gasteiger partial charge in [0.15, 0.2) is 11.4 Å². The van der Waals surface area contributed by atoms with Gasteiger partial charge in [0.05, 0.1) is 25.6 Å². The molecule has 150 valence electrons. The van der Waals surface area contributed by atoms with Gasteiger partial charge in [0.1, 0.15) is 30.1 Å². The van der Waals surface area contributed by atoms with Crippen molar-refractivity contribution in [3.8, 4) is 6.07 Å². The monoisotopic (exact) mass is 388 g/mol. The predicted molar refractivity (Wildman–Crippen MR) is 98.9 cm³/mol. The van der Waals surface area contributed by atoms with E-state index in [4.69, 9.17) is 19.9 Å². The largest absolute Gasteiger partial charge is 0.465 e. The van der Waals surface area contributed by atoms with Gasteiger partial charge in [-0.1, -0.05) is 0 Å². The molecule has 0 amide bonds. The van der Waals surface area contributed by atoms with Crippen LogP contribution in [-0.4, -0.2) is 52.2 Å². The van der Waals surface area contributed by atoms with Crippen molar-refractivity contribution in [1.29, 1.82) is 5.26 Å². The van der Waals surface area contributed by atoms with Crippen LogP contribution >= 0.6 is 0 Å². The van der Waals surface area contributed by atoms with Crippen LogP contribution in [0.2, 0.25) is 0 Å². The van der Waals surface area contributed by atoms with Gasteiger partial charge in [-0.3, -0.25) is 10.1 Å². The minimum absolute atomic E-state index is 0.0863. The zero-order chi connectivity index (χ0) is 20.1. The van der Waals surface area contributed by atoms with Crippen molar-refractivity contribution in [3.63, 3.8) is 0 Å². The number of carbonyl (C=O) groups is 1. The fourth-order valence-corrected chi connectivity index (χ4v) is 3.15. The molecule has 0 radical (unpaired) electrons. The molecule has 0 unspecified atom stereocenters. The first-order valence-corrected chi connectivity index (χ1v) is 9.14. The van der Waals surface area contributed by atoms with Gasteiger partial charge < -0.3 is 19.9 Å². The van der Waals surface area contributed by atoms with Crippen molar-refractivity contribution in [3.05, 3.63) is 24.2 Å². The summed E-state index contributed by atoms with van der Waals surface area (Å²) >= 11 is 0. The Labute approximate surface area is 162 Å². The number of anilines is 1. The van der Waals surface area contributed by atoms with Crippen molar-refractivity contribution in [2.45, 2.75) is 44.4 Å². The molecule has 10 heteroatoms. The number of nitrogen functional groups attached to an aromatic ring is 1. The third-order valence-corrected chi connectivity index (χ3v) is 4.69. The van der Waals surface area contributed by atoms with Gasteiger partial charge in [0.2, 0.25) is 0 Å². The highest BCUT2D eigenvalue weighted by Crippen LogP contribution is 2.40. The number of nitrogens with zero attached hydrogens (tertiary/aromatic N) is 4. The van der Waals surface area contributed by atoms with Crippen LogP contribution in [0.25, 0.3) is 5.52 Å². The molecule has 0 aliphatic carbocycles. The van der Waals surface area contributed by atoms with Crippen molar-refractivity contribution in [1.82, 2.24) is 19.9 Å². The minimum Gasteiger partial charge on any atom is -0.465 e. The Hall–Kier alpha value is -2.74. The number of nitrogens with one attached hydrogen (secondary N) is 1. The summed E-state index contributed by atoms with van der Waals surface area (Å²) < 4.78 is 18.2. The van der Waals surface area contributed by atoms with Crippen LogP contribution in [0.1, 0.15) is 38.5 Å². The molecule has 1 saturated heterocycles. The second-order valence-electron chi connectivity index (χ2n) is 6.62. The van der Waals surface area contributed by atoms with Crippen molar-refractivity contribution < 1.29 is 19.0 Å². The molecule has 0 aromatic carbocycles. The molecule has 2 aromatic rings. The Balaban J connectivity index is 1.58. The number of nitriles is 1. The average molecular weight is 388 g/mol. The molecule has 3 N–H and O–H groups in total. The van der Waals surface area contributed by atoms with E-state index in [2.05, 4.69) is 21.5 Å².